The van der Waals surface area contributed by atoms with Crippen molar-refractivity contribution < 1.29 is 4.79 Å². The lowest BCUT2D eigenvalue weighted by molar-refractivity contribution is 0.0615. The minimum absolute atomic E-state index is 0.0386. The largest absolute Gasteiger partial charge is 0.336 e. The minimum atomic E-state index is -0.0881. The number of aromatic nitrogens is 3. The first-order chi connectivity index (χ1) is 12.1. The third-order valence-corrected chi connectivity index (χ3v) is 4.80. The van der Waals surface area contributed by atoms with Gasteiger partial charge in [-0.25, -0.2) is 9.97 Å². The molecule has 1 saturated heterocycles. The molecule has 4 rings (SSSR count). The summed E-state index contributed by atoms with van der Waals surface area (Å²) in [5.74, 6) is 0.849. The molecule has 6 nitrogen and oxygen atoms in total. The van der Waals surface area contributed by atoms with Crippen LogP contribution in [0.2, 0.25) is 0 Å². The maximum absolute atomic E-state index is 13.2. The van der Waals surface area contributed by atoms with Crippen molar-refractivity contribution in [1.29, 1.82) is 0 Å². The molecular formula is C19H21N5O. The van der Waals surface area contributed by atoms with Crippen LogP contribution in [0.5, 0.6) is 0 Å². The van der Waals surface area contributed by atoms with E-state index >= 15 is 0 Å². The van der Waals surface area contributed by atoms with Crippen LogP contribution in [-0.2, 0) is 7.05 Å². The van der Waals surface area contributed by atoms with Crippen molar-refractivity contribution in [2.75, 3.05) is 19.6 Å². The van der Waals surface area contributed by atoms with Crippen LogP contribution in [0.25, 0.3) is 10.9 Å². The fraction of sp³-hybridized carbons (Fsp3) is 0.316. The first-order valence-corrected chi connectivity index (χ1v) is 8.50. The van der Waals surface area contributed by atoms with Crippen molar-refractivity contribution >= 4 is 16.8 Å². The minimum Gasteiger partial charge on any atom is -0.336 e. The molecule has 1 aliphatic rings. The van der Waals surface area contributed by atoms with Crippen LogP contribution in [0, 0.1) is 6.92 Å². The number of nitrogens with zero attached hydrogens (tertiary/aromatic N) is 4. The molecule has 6 heteroatoms. The zero-order valence-corrected chi connectivity index (χ0v) is 14.4. The number of benzene rings is 1. The highest BCUT2D eigenvalue weighted by molar-refractivity contribution is 5.96. The fourth-order valence-corrected chi connectivity index (χ4v) is 3.48. The lowest BCUT2D eigenvalue weighted by Crippen LogP contribution is -2.49. The van der Waals surface area contributed by atoms with Crippen molar-refractivity contribution in [3.63, 3.8) is 0 Å². The summed E-state index contributed by atoms with van der Waals surface area (Å²) < 4.78 is 1.97. The SMILES string of the molecule is Cc1cc(C(=O)N2CCNCC2c2nccn2C)nc2ccccc12. The van der Waals surface area contributed by atoms with Crippen molar-refractivity contribution in [1.82, 2.24) is 24.8 Å². The maximum Gasteiger partial charge on any atom is 0.273 e. The first kappa shape index (κ1) is 15.8. The summed E-state index contributed by atoms with van der Waals surface area (Å²) in [6.45, 7) is 4.14. The van der Waals surface area contributed by atoms with Gasteiger partial charge in [0.2, 0.25) is 0 Å². The topological polar surface area (TPSA) is 63.1 Å². The van der Waals surface area contributed by atoms with Gasteiger partial charge in [0.1, 0.15) is 17.6 Å². The number of fused-ring (bicyclic) bond motifs is 1. The van der Waals surface area contributed by atoms with E-state index in [4.69, 9.17) is 0 Å². The predicted molar refractivity (Wildman–Crippen MR) is 96.3 cm³/mol. The Morgan fingerprint density at radius 1 is 1.32 bits per heavy atom. The number of para-hydroxylation sites is 1. The second-order valence-corrected chi connectivity index (χ2v) is 6.46. The molecule has 3 aromatic rings. The monoisotopic (exact) mass is 335 g/mol. The molecule has 0 aliphatic carbocycles. The van der Waals surface area contributed by atoms with Gasteiger partial charge >= 0.3 is 0 Å². The third kappa shape index (κ3) is 2.78. The second-order valence-electron chi connectivity index (χ2n) is 6.46. The smallest absolute Gasteiger partial charge is 0.273 e. The van der Waals surface area contributed by atoms with Crippen LogP contribution in [0.1, 0.15) is 27.9 Å². The van der Waals surface area contributed by atoms with Crippen molar-refractivity contribution in [3.8, 4) is 0 Å². The molecule has 2 aromatic heterocycles. The fourth-order valence-electron chi connectivity index (χ4n) is 3.48. The van der Waals surface area contributed by atoms with Crippen LogP contribution in [-0.4, -0.2) is 45.0 Å². The number of aryl methyl sites for hydroxylation is 2. The van der Waals surface area contributed by atoms with Gasteiger partial charge in [0.05, 0.1) is 5.52 Å². The quantitative estimate of drug-likeness (QED) is 0.779. The van der Waals surface area contributed by atoms with E-state index in [9.17, 15) is 4.79 Å². The molecule has 0 spiro atoms. The van der Waals surface area contributed by atoms with E-state index in [-0.39, 0.29) is 11.9 Å². The van der Waals surface area contributed by atoms with E-state index in [1.807, 2.05) is 60.0 Å². The zero-order valence-electron chi connectivity index (χ0n) is 14.4. The summed E-state index contributed by atoms with van der Waals surface area (Å²) in [5, 5.41) is 4.44. The van der Waals surface area contributed by atoms with Gasteiger partial charge in [-0.2, -0.15) is 0 Å². The highest BCUT2D eigenvalue weighted by Crippen LogP contribution is 2.24. The Hall–Kier alpha value is -2.73. The van der Waals surface area contributed by atoms with Crippen LogP contribution in [0.4, 0.5) is 0 Å². The summed E-state index contributed by atoms with van der Waals surface area (Å²) in [7, 11) is 1.96. The average Bonchev–Trinajstić information content (AvgIpc) is 3.07. The zero-order chi connectivity index (χ0) is 17.4. The van der Waals surface area contributed by atoms with Gasteiger partial charge in [0.25, 0.3) is 5.91 Å². The van der Waals surface area contributed by atoms with Gasteiger partial charge in [-0.3, -0.25) is 4.79 Å². The van der Waals surface area contributed by atoms with Gasteiger partial charge in [-0.15, -0.1) is 0 Å². The van der Waals surface area contributed by atoms with E-state index in [0.29, 0.717) is 18.8 Å². The Morgan fingerprint density at radius 2 is 2.16 bits per heavy atom. The normalized spacial score (nSPS) is 17.8. The molecule has 0 saturated carbocycles. The number of carbonyl (C=O) groups excluding carboxylic acids is 1. The summed E-state index contributed by atoms with van der Waals surface area (Å²) in [6, 6.07) is 9.73. The Labute approximate surface area is 146 Å². The van der Waals surface area contributed by atoms with Gasteiger partial charge in [-0.1, -0.05) is 18.2 Å². The molecule has 1 aliphatic heterocycles. The third-order valence-electron chi connectivity index (χ3n) is 4.80. The van der Waals surface area contributed by atoms with E-state index < -0.39 is 0 Å². The average molecular weight is 335 g/mol. The Balaban J connectivity index is 1.72. The number of carbonyl (C=O) groups is 1. The first-order valence-electron chi connectivity index (χ1n) is 8.50. The standard InChI is InChI=1S/C19H21N5O/c1-13-11-16(22-15-6-4-3-5-14(13)15)19(25)24-10-7-20-12-17(24)18-21-8-9-23(18)2/h3-6,8-9,11,17,20H,7,10,12H2,1-2H3. The highest BCUT2D eigenvalue weighted by Gasteiger charge is 2.31. The van der Waals surface area contributed by atoms with Gasteiger partial charge in [0.15, 0.2) is 0 Å². The molecule has 1 amide bonds. The Kier molecular flexibility index (Phi) is 3.97. The predicted octanol–water partition coefficient (Wildman–Crippen LogP) is 2.06. The number of rotatable bonds is 2. The number of hydrogen-bond donors (Lipinski definition) is 1. The molecule has 25 heavy (non-hydrogen) atoms. The Morgan fingerprint density at radius 3 is 2.96 bits per heavy atom. The summed E-state index contributed by atoms with van der Waals surface area (Å²) in [4.78, 5) is 24.1. The van der Waals surface area contributed by atoms with Gasteiger partial charge in [-0.05, 0) is 24.6 Å². The molecule has 0 radical (unpaired) electrons. The van der Waals surface area contributed by atoms with Crippen molar-refractivity contribution in [2.45, 2.75) is 13.0 Å². The lowest BCUT2D eigenvalue weighted by Gasteiger charge is -2.35. The van der Waals surface area contributed by atoms with Crippen LogP contribution >= 0.6 is 0 Å². The molecule has 1 N–H and O–H groups in total. The molecule has 128 valence electrons. The molecular weight excluding hydrogens is 314 g/mol. The summed E-state index contributed by atoms with van der Waals surface area (Å²) in [6.07, 6.45) is 3.68. The van der Waals surface area contributed by atoms with E-state index in [0.717, 1.165) is 28.8 Å². The van der Waals surface area contributed by atoms with Crippen molar-refractivity contribution in [2.24, 2.45) is 7.05 Å². The number of piperazine rings is 1. The molecule has 1 aromatic carbocycles. The van der Waals surface area contributed by atoms with Crippen molar-refractivity contribution in [3.05, 3.63) is 59.8 Å². The number of hydrogen-bond acceptors (Lipinski definition) is 4. The van der Waals surface area contributed by atoms with Gasteiger partial charge in [0, 0.05) is 44.5 Å². The van der Waals surface area contributed by atoms with Gasteiger partial charge < -0.3 is 14.8 Å². The molecule has 1 unspecified atom stereocenters. The van der Waals surface area contributed by atoms with E-state index in [1.54, 1.807) is 6.20 Å². The lowest BCUT2D eigenvalue weighted by atomic mass is 10.1. The molecule has 3 heterocycles. The molecule has 1 atom stereocenters. The van der Waals surface area contributed by atoms with E-state index in [2.05, 4.69) is 15.3 Å². The number of imidazole rings is 1. The van der Waals surface area contributed by atoms with Crippen LogP contribution in [0.15, 0.2) is 42.7 Å². The maximum atomic E-state index is 13.2. The summed E-state index contributed by atoms with van der Waals surface area (Å²) in [5.41, 5.74) is 2.42. The van der Waals surface area contributed by atoms with Crippen LogP contribution < -0.4 is 5.32 Å². The Bertz CT molecular complexity index is 932. The molecule has 1 fully saturated rings. The number of nitrogens with one attached hydrogen (secondary N) is 1. The number of amides is 1. The second kappa shape index (κ2) is 6.29. The highest BCUT2D eigenvalue weighted by atomic mass is 16.2. The number of pyridine rings is 1. The van der Waals surface area contributed by atoms with Crippen LogP contribution in [0.3, 0.4) is 0 Å². The molecule has 0 bridgehead atoms. The summed E-state index contributed by atoms with van der Waals surface area (Å²) >= 11 is 0. The van der Waals surface area contributed by atoms with E-state index in [1.165, 1.54) is 0 Å².